The van der Waals surface area contributed by atoms with Gasteiger partial charge in [-0.2, -0.15) is 5.26 Å². The maximum atomic E-state index is 12.6. The van der Waals surface area contributed by atoms with Gasteiger partial charge >= 0.3 is 0 Å². The van der Waals surface area contributed by atoms with Gasteiger partial charge in [0, 0.05) is 16.6 Å². The number of rotatable bonds is 4. The number of halogens is 1. The molecule has 0 atom stereocenters. The third kappa shape index (κ3) is 3.49. The maximum Gasteiger partial charge on any atom is 0.281 e. The molecule has 2 aromatic rings. The molecule has 0 radical (unpaired) electrons. The van der Waals surface area contributed by atoms with Crippen LogP contribution in [0.2, 0.25) is 5.02 Å². The predicted molar refractivity (Wildman–Crippen MR) is 94.4 cm³/mol. The molecule has 0 bridgehead atoms. The van der Waals surface area contributed by atoms with Crippen LogP contribution >= 0.6 is 11.6 Å². The molecule has 0 aliphatic rings. The molecule has 0 fully saturated rings. The van der Waals surface area contributed by atoms with Gasteiger partial charge in [-0.1, -0.05) is 11.6 Å². The van der Waals surface area contributed by atoms with Gasteiger partial charge in [0.25, 0.3) is 5.56 Å². The normalized spacial score (nSPS) is 11.1. The Morgan fingerprint density at radius 1 is 1.36 bits per heavy atom. The Bertz CT molecular complexity index is 942. The number of ether oxygens (including phenoxy) is 1. The van der Waals surface area contributed by atoms with Gasteiger partial charge in [0.15, 0.2) is 5.69 Å². The van der Waals surface area contributed by atoms with Crippen LogP contribution in [0.15, 0.2) is 33.2 Å². The Hall–Kier alpha value is -2.85. The summed E-state index contributed by atoms with van der Waals surface area (Å²) in [5.41, 5.74) is 0.0299. The fourth-order valence-corrected chi connectivity index (χ4v) is 2.52. The van der Waals surface area contributed by atoms with Gasteiger partial charge in [-0.25, -0.2) is 0 Å². The van der Waals surface area contributed by atoms with Crippen LogP contribution < -0.4 is 10.3 Å². The average Bonchev–Trinajstić information content (AvgIpc) is 2.54. The smallest absolute Gasteiger partial charge is 0.281 e. The first-order valence-corrected chi connectivity index (χ1v) is 7.83. The van der Waals surface area contributed by atoms with Crippen molar-refractivity contribution in [2.75, 3.05) is 7.11 Å². The minimum Gasteiger partial charge on any atom is -0.494 e. The van der Waals surface area contributed by atoms with Crippen LogP contribution in [0.1, 0.15) is 31.0 Å². The fraction of sp³-hybridized carbons (Fsp3) is 0.294. The number of aromatic hydroxyl groups is 1. The fourth-order valence-electron chi connectivity index (χ4n) is 2.35. The summed E-state index contributed by atoms with van der Waals surface area (Å²) >= 11 is 5.95. The molecule has 2 rings (SSSR count). The first-order valence-electron chi connectivity index (χ1n) is 7.45. The van der Waals surface area contributed by atoms with Crippen molar-refractivity contribution in [1.29, 1.82) is 5.26 Å². The van der Waals surface area contributed by atoms with Crippen molar-refractivity contribution in [3.05, 3.63) is 44.7 Å². The lowest BCUT2D eigenvalue weighted by Gasteiger charge is -2.15. The average molecular weight is 361 g/mol. The van der Waals surface area contributed by atoms with Gasteiger partial charge in [0.1, 0.15) is 23.1 Å². The molecule has 130 valence electrons. The molecule has 25 heavy (non-hydrogen) atoms. The van der Waals surface area contributed by atoms with Crippen molar-refractivity contribution in [3.63, 3.8) is 0 Å². The number of methoxy groups -OCH3 is 1. The summed E-state index contributed by atoms with van der Waals surface area (Å²) in [6.45, 7) is 4.98. The maximum absolute atomic E-state index is 12.6. The number of azo groups is 1. The predicted octanol–water partition coefficient (Wildman–Crippen LogP) is 4.39. The summed E-state index contributed by atoms with van der Waals surface area (Å²) in [4.78, 5) is 12.6. The van der Waals surface area contributed by atoms with E-state index in [-0.39, 0.29) is 28.7 Å². The van der Waals surface area contributed by atoms with Gasteiger partial charge in [0.05, 0.1) is 7.11 Å². The second kappa shape index (κ2) is 7.36. The highest BCUT2D eigenvalue weighted by Crippen LogP contribution is 2.33. The topological polar surface area (TPSA) is 100.0 Å². The van der Waals surface area contributed by atoms with E-state index in [4.69, 9.17) is 16.3 Å². The molecule has 1 aromatic heterocycles. The molecule has 0 amide bonds. The number of hydrogen-bond donors (Lipinski definition) is 1. The zero-order valence-corrected chi connectivity index (χ0v) is 15.0. The van der Waals surface area contributed by atoms with E-state index in [1.165, 1.54) is 14.0 Å². The molecule has 0 aliphatic heterocycles. The lowest BCUT2D eigenvalue weighted by Crippen LogP contribution is -2.23. The van der Waals surface area contributed by atoms with Crippen LogP contribution in [-0.2, 0) is 0 Å². The number of aromatic nitrogens is 1. The van der Waals surface area contributed by atoms with Crippen molar-refractivity contribution in [3.8, 4) is 17.7 Å². The van der Waals surface area contributed by atoms with E-state index < -0.39 is 5.56 Å². The molecule has 1 heterocycles. The number of nitriles is 1. The van der Waals surface area contributed by atoms with E-state index in [1.807, 2.05) is 6.07 Å². The third-order valence-electron chi connectivity index (χ3n) is 3.63. The molecule has 0 saturated carbocycles. The molecule has 8 heteroatoms. The summed E-state index contributed by atoms with van der Waals surface area (Å²) in [5.74, 6) is 0.0635. The molecular weight excluding hydrogens is 344 g/mol. The highest BCUT2D eigenvalue weighted by molar-refractivity contribution is 6.30. The minimum absolute atomic E-state index is 0.0136. The number of nitrogens with zero attached hydrogens (tertiary/aromatic N) is 4. The van der Waals surface area contributed by atoms with E-state index in [0.29, 0.717) is 16.5 Å². The van der Waals surface area contributed by atoms with Gasteiger partial charge in [-0.05, 0) is 39.0 Å². The molecule has 7 nitrogen and oxygen atoms in total. The first kappa shape index (κ1) is 18.5. The van der Waals surface area contributed by atoms with Crippen molar-refractivity contribution in [2.24, 2.45) is 10.2 Å². The van der Waals surface area contributed by atoms with Gasteiger partial charge in [-0.15, -0.1) is 10.2 Å². The molecule has 1 aromatic carbocycles. The Kier molecular flexibility index (Phi) is 5.45. The second-order valence-corrected chi connectivity index (χ2v) is 6.01. The molecule has 0 spiro atoms. The zero-order chi connectivity index (χ0) is 18.7. The van der Waals surface area contributed by atoms with Crippen LogP contribution in [0, 0.1) is 18.3 Å². The lowest BCUT2D eigenvalue weighted by atomic mass is 10.1. The highest BCUT2D eigenvalue weighted by atomic mass is 35.5. The van der Waals surface area contributed by atoms with E-state index in [1.54, 1.807) is 32.0 Å². The summed E-state index contributed by atoms with van der Waals surface area (Å²) in [5, 5.41) is 28.0. The van der Waals surface area contributed by atoms with Gasteiger partial charge in [-0.3, -0.25) is 9.36 Å². The van der Waals surface area contributed by atoms with Crippen LogP contribution in [0.5, 0.6) is 11.6 Å². The van der Waals surface area contributed by atoms with Gasteiger partial charge in [0.2, 0.25) is 5.88 Å². The molecule has 0 aliphatic carbocycles. The third-order valence-corrected chi connectivity index (χ3v) is 3.87. The summed E-state index contributed by atoms with van der Waals surface area (Å²) in [7, 11) is 1.48. The number of pyridine rings is 1. The van der Waals surface area contributed by atoms with Crippen molar-refractivity contribution >= 4 is 23.0 Å². The molecule has 1 N–H and O–H groups in total. The monoisotopic (exact) mass is 360 g/mol. The van der Waals surface area contributed by atoms with Crippen LogP contribution in [0.25, 0.3) is 0 Å². The Morgan fingerprint density at radius 2 is 2.04 bits per heavy atom. The van der Waals surface area contributed by atoms with Crippen molar-refractivity contribution in [2.45, 2.75) is 26.8 Å². The van der Waals surface area contributed by atoms with E-state index in [2.05, 4.69) is 10.2 Å². The largest absolute Gasteiger partial charge is 0.494 e. The van der Waals surface area contributed by atoms with E-state index in [0.717, 1.165) is 4.57 Å². The van der Waals surface area contributed by atoms with Crippen LogP contribution in [-0.4, -0.2) is 16.8 Å². The standard InChI is InChI=1S/C17H17ClN4O3/c1-9(2)22-16(23)12(8-19)10(3)15(17(22)24)21-20-13-7-11(18)5-6-14(13)25-4/h5-7,9,23H,1-4H3. The first-order chi connectivity index (χ1) is 11.8. The summed E-state index contributed by atoms with van der Waals surface area (Å²) in [6, 6.07) is 6.37. The van der Waals surface area contributed by atoms with Crippen LogP contribution in [0.4, 0.5) is 11.4 Å². The van der Waals surface area contributed by atoms with Crippen molar-refractivity contribution < 1.29 is 9.84 Å². The Balaban J connectivity index is 2.69. The molecule has 0 unspecified atom stereocenters. The zero-order valence-electron chi connectivity index (χ0n) is 14.2. The summed E-state index contributed by atoms with van der Waals surface area (Å²) in [6.07, 6.45) is 0. The minimum atomic E-state index is -0.534. The molecular formula is C17H17ClN4O3. The number of benzene rings is 1. The van der Waals surface area contributed by atoms with E-state index in [9.17, 15) is 15.2 Å². The lowest BCUT2D eigenvalue weighted by molar-refractivity contribution is 0.386. The molecule has 0 saturated heterocycles. The van der Waals surface area contributed by atoms with E-state index >= 15 is 0 Å². The van der Waals surface area contributed by atoms with Gasteiger partial charge < -0.3 is 9.84 Å². The Morgan fingerprint density at radius 3 is 2.60 bits per heavy atom. The Labute approximate surface area is 149 Å². The SMILES string of the molecule is COc1ccc(Cl)cc1N=Nc1c(C)c(C#N)c(O)n(C(C)C)c1=O. The summed E-state index contributed by atoms with van der Waals surface area (Å²) < 4.78 is 6.29. The quantitative estimate of drug-likeness (QED) is 0.817. The highest BCUT2D eigenvalue weighted by Gasteiger charge is 2.20. The van der Waals surface area contributed by atoms with Crippen LogP contribution in [0.3, 0.4) is 0 Å². The number of hydrogen-bond acceptors (Lipinski definition) is 6. The van der Waals surface area contributed by atoms with Crippen molar-refractivity contribution in [1.82, 2.24) is 4.57 Å². The second-order valence-electron chi connectivity index (χ2n) is 5.57.